The lowest BCUT2D eigenvalue weighted by Crippen LogP contribution is -2.38. The van der Waals surface area contributed by atoms with Gasteiger partial charge in [0.05, 0.1) is 10.8 Å². The Bertz CT molecular complexity index is 204. The molecule has 0 N–H and O–H groups in total. The van der Waals surface area contributed by atoms with Crippen molar-refractivity contribution in [3.63, 3.8) is 0 Å². The van der Waals surface area contributed by atoms with Gasteiger partial charge in [-0.3, -0.25) is 4.79 Å². The number of carbonyl (C=O) groups is 1. The fourth-order valence-corrected chi connectivity index (χ4v) is 2.47. The molecule has 0 aromatic heterocycles. The van der Waals surface area contributed by atoms with Crippen LogP contribution in [0.3, 0.4) is 0 Å². The summed E-state index contributed by atoms with van der Waals surface area (Å²) in [4.78, 5) is 11.3. The number of allylic oxidation sites excluding steroid dienone is 2. The van der Waals surface area contributed by atoms with Gasteiger partial charge >= 0.3 is 0 Å². The minimum Gasteiger partial charge on any atom is -0.296 e. The number of Topliss-reactive ketones (excluding diaryl/α,β-unsaturated/α-hetero) is 1. The summed E-state index contributed by atoms with van der Waals surface area (Å²) in [7, 11) is 0. The molecule has 0 amide bonds. The van der Waals surface area contributed by atoms with E-state index in [0.717, 1.165) is 6.42 Å². The lowest BCUT2D eigenvalue weighted by molar-refractivity contribution is -0.120. The van der Waals surface area contributed by atoms with E-state index < -0.39 is 0 Å². The van der Waals surface area contributed by atoms with Crippen molar-refractivity contribution in [1.82, 2.24) is 0 Å². The molecule has 0 heterocycles. The predicted molar refractivity (Wildman–Crippen MR) is 45.0 cm³/mol. The average Bonchev–Trinajstić information content (AvgIpc) is 2.44. The van der Waals surface area contributed by atoms with Gasteiger partial charge in [0.15, 0.2) is 5.78 Å². The van der Waals surface area contributed by atoms with E-state index in [-0.39, 0.29) is 28.4 Å². The Morgan fingerprint density at radius 1 is 1.18 bits per heavy atom. The lowest BCUT2D eigenvalue weighted by atomic mass is 9.86. The summed E-state index contributed by atoms with van der Waals surface area (Å²) in [6.45, 7) is 0. The Kier molecular flexibility index (Phi) is 1.73. The fourth-order valence-electron chi connectivity index (χ4n) is 1.76. The number of alkyl halides is 2. The van der Waals surface area contributed by atoms with Crippen LogP contribution in [0.5, 0.6) is 0 Å². The molecular formula is C8H8Cl2O. The molecule has 0 aliphatic heterocycles. The number of hydrogen-bond donors (Lipinski definition) is 0. The first-order valence-corrected chi connectivity index (χ1v) is 4.57. The van der Waals surface area contributed by atoms with Crippen molar-refractivity contribution in [2.24, 2.45) is 11.8 Å². The third-order valence-electron chi connectivity index (χ3n) is 2.45. The van der Waals surface area contributed by atoms with Gasteiger partial charge in [-0.05, 0) is 6.42 Å². The zero-order valence-electron chi connectivity index (χ0n) is 5.84. The first kappa shape index (κ1) is 7.63. The molecule has 0 aromatic carbocycles. The van der Waals surface area contributed by atoms with E-state index in [1.807, 2.05) is 12.2 Å². The van der Waals surface area contributed by atoms with Gasteiger partial charge in [-0.25, -0.2) is 0 Å². The van der Waals surface area contributed by atoms with Crippen LogP contribution < -0.4 is 0 Å². The number of fused-ring (bicyclic) bond motifs is 2. The van der Waals surface area contributed by atoms with Gasteiger partial charge in [0, 0.05) is 11.8 Å². The molecule has 2 aliphatic rings. The Morgan fingerprint density at radius 3 is 2.09 bits per heavy atom. The van der Waals surface area contributed by atoms with Crippen molar-refractivity contribution in [2.75, 3.05) is 0 Å². The van der Waals surface area contributed by atoms with Crippen LogP contribution in [0.1, 0.15) is 6.42 Å². The summed E-state index contributed by atoms with van der Waals surface area (Å²) in [6, 6.07) is 0. The van der Waals surface area contributed by atoms with Gasteiger partial charge in [0.2, 0.25) is 0 Å². The minimum atomic E-state index is -0.382. The van der Waals surface area contributed by atoms with Crippen molar-refractivity contribution >= 4 is 29.0 Å². The number of hydrogen-bond acceptors (Lipinski definition) is 1. The highest BCUT2D eigenvalue weighted by Gasteiger charge is 2.42. The molecule has 1 nitrogen and oxygen atoms in total. The van der Waals surface area contributed by atoms with Gasteiger partial charge in [-0.2, -0.15) is 0 Å². The molecule has 1 fully saturated rings. The van der Waals surface area contributed by atoms with Crippen molar-refractivity contribution in [1.29, 1.82) is 0 Å². The molecule has 2 aliphatic carbocycles. The van der Waals surface area contributed by atoms with Gasteiger partial charge < -0.3 is 0 Å². The summed E-state index contributed by atoms with van der Waals surface area (Å²) in [5.74, 6) is 0.480. The first-order valence-electron chi connectivity index (χ1n) is 3.70. The van der Waals surface area contributed by atoms with Crippen LogP contribution in [0.15, 0.2) is 12.2 Å². The Morgan fingerprint density at radius 2 is 1.64 bits per heavy atom. The summed E-state index contributed by atoms with van der Waals surface area (Å²) >= 11 is 11.7. The molecule has 2 bridgehead atoms. The second-order valence-electron chi connectivity index (χ2n) is 3.15. The molecule has 0 saturated heterocycles. The Hall–Kier alpha value is -0.0100. The summed E-state index contributed by atoms with van der Waals surface area (Å²) < 4.78 is 0. The molecule has 11 heavy (non-hydrogen) atoms. The molecule has 4 atom stereocenters. The highest BCUT2D eigenvalue weighted by atomic mass is 35.5. The summed E-state index contributed by atoms with van der Waals surface area (Å²) in [5, 5.41) is -0.764. The molecular weight excluding hydrogens is 183 g/mol. The Labute approximate surface area is 75.4 Å². The maximum atomic E-state index is 11.3. The van der Waals surface area contributed by atoms with Crippen molar-refractivity contribution in [3.8, 4) is 0 Å². The van der Waals surface area contributed by atoms with Crippen molar-refractivity contribution < 1.29 is 4.79 Å². The maximum Gasteiger partial charge on any atom is 0.169 e. The van der Waals surface area contributed by atoms with Crippen LogP contribution in [0, 0.1) is 11.8 Å². The van der Waals surface area contributed by atoms with Crippen LogP contribution in [-0.4, -0.2) is 16.5 Å². The first-order chi connectivity index (χ1) is 5.20. The Balaban J connectivity index is 2.29. The molecule has 0 radical (unpaired) electrons. The topological polar surface area (TPSA) is 17.1 Å². The quantitative estimate of drug-likeness (QED) is 0.422. The van der Waals surface area contributed by atoms with E-state index in [1.165, 1.54) is 0 Å². The largest absolute Gasteiger partial charge is 0.296 e. The van der Waals surface area contributed by atoms with E-state index >= 15 is 0 Å². The van der Waals surface area contributed by atoms with E-state index in [0.29, 0.717) is 0 Å². The second-order valence-corrected chi connectivity index (χ2v) is 4.09. The average molecular weight is 191 g/mol. The van der Waals surface area contributed by atoms with Crippen LogP contribution in [0.2, 0.25) is 0 Å². The highest BCUT2D eigenvalue weighted by Crippen LogP contribution is 2.39. The predicted octanol–water partition coefficient (Wildman–Crippen LogP) is 1.98. The normalized spacial score (nSPS) is 48.4. The minimum absolute atomic E-state index is 0.000386. The molecule has 1 saturated carbocycles. The SMILES string of the molecule is O=C1[C@@H](Cl)[C@@H]2C=C[C@@H](C2)[C@H]1Cl. The third kappa shape index (κ3) is 1.02. The molecule has 0 spiro atoms. The second kappa shape index (κ2) is 2.49. The van der Waals surface area contributed by atoms with Crippen LogP contribution in [0.25, 0.3) is 0 Å². The number of rotatable bonds is 0. The number of ketones is 1. The van der Waals surface area contributed by atoms with Crippen LogP contribution in [0.4, 0.5) is 0 Å². The summed E-state index contributed by atoms with van der Waals surface area (Å²) in [5.41, 5.74) is 0. The van der Waals surface area contributed by atoms with Crippen LogP contribution >= 0.6 is 23.2 Å². The van der Waals surface area contributed by atoms with Gasteiger partial charge in [-0.15, -0.1) is 23.2 Å². The van der Waals surface area contributed by atoms with Gasteiger partial charge in [0.25, 0.3) is 0 Å². The molecule has 60 valence electrons. The van der Waals surface area contributed by atoms with Crippen LogP contribution in [-0.2, 0) is 4.79 Å². The number of carbonyl (C=O) groups excluding carboxylic acids is 1. The monoisotopic (exact) mass is 190 g/mol. The molecule has 2 rings (SSSR count). The maximum absolute atomic E-state index is 11.3. The smallest absolute Gasteiger partial charge is 0.169 e. The third-order valence-corrected chi connectivity index (χ3v) is 3.52. The molecule has 0 unspecified atom stereocenters. The fraction of sp³-hybridized carbons (Fsp3) is 0.625. The van der Waals surface area contributed by atoms with E-state index in [2.05, 4.69) is 0 Å². The molecule has 0 aromatic rings. The van der Waals surface area contributed by atoms with E-state index in [1.54, 1.807) is 0 Å². The van der Waals surface area contributed by atoms with Crippen molar-refractivity contribution in [3.05, 3.63) is 12.2 Å². The number of halogens is 2. The summed E-state index contributed by atoms with van der Waals surface area (Å²) in [6.07, 6.45) is 4.99. The van der Waals surface area contributed by atoms with E-state index in [4.69, 9.17) is 23.2 Å². The van der Waals surface area contributed by atoms with Crippen molar-refractivity contribution in [2.45, 2.75) is 17.2 Å². The van der Waals surface area contributed by atoms with Gasteiger partial charge in [-0.1, -0.05) is 12.2 Å². The molecule has 3 heteroatoms. The van der Waals surface area contributed by atoms with Gasteiger partial charge in [0.1, 0.15) is 0 Å². The van der Waals surface area contributed by atoms with E-state index in [9.17, 15) is 4.79 Å². The highest BCUT2D eigenvalue weighted by molar-refractivity contribution is 6.41. The zero-order valence-corrected chi connectivity index (χ0v) is 7.35. The standard InChI is InChI=1S/C8H8Cl2O/c9-6-4-1-2-5(3-4)7(10)8(6)11/h1-2,4-7H,3H2/t4-,5+,6+,7-. The lowest BCUT2D eigenvalue weighted by Gasteiger charge is -2.26. The zero-order chi connectivity index (χ0) is 8.01.